The zero-order chi connectivity index (χ0) is 13.2. The van der Waals surface area contributed by atoms with Gasteiger partial charge in [0.25, 0.3) is 0 Å². The van der Waals surface area contributed by atoms with Crippen LogP contribution in [0.3, 0.4) is 0 Å². The highest BCUT2D eigenvalue weighted by Crippen LogP contribution is 2.24. The Labute approximate surface area is 110 Å². The molecule has 0 radical (unpaired) electrons. The number of aryl methyl sites for hydroxylation is 1. The van der Waals surface area contributed by atoms with Crippen LogP contribution in [0.15, 0.2) is 42.6 Å². The van der Waals surface area contributed by atoms with Gasteiger partial charge < -0.3 is 10.5 Å². The van der Waals surface area contributed by atoms with Crippen molar-refractivity contribution < 1.29 is 4.74 Å². The summed E-state index contributed by atoms with van der Waals surface area (Å²) in [6, 6.07) is 11.3. The molecule has 2 heterocycles. The van der Waals surface area contributed by atoms with Crippen LogP contribution in [0.5, 0.6) is 11.6 Å². The van der Waals surface area contributed by atoms with E-state index in [-0.39, 0.29) is 5.95 Å². The lowest BCUT2D eigenvalue weighted by molar-refractivity contribution is 0.462. The van der Waals surface area contributed by atoms with Gasteiger partial charge in [-0.05, 0) is 25.1 Å². The third-order valence-corrected chi connectivity index (χ3v) is 2.65. The molecule has 3 rings (SSSR count). The average Bonchev–Trinajstić information content (AvgIpc) is 2.37. The molecule has 19 heavy (non-hydrogen) atoms. The second kappa shape index (κ2) is 4.53. The molecular weight excluding hydrogens is 240 g/mol. The van der Waals surface area contributed by atoms with Crippen molar-refractivity contribution in [2.45, 2.75) is 6.92 Å². The van der Waals surface area contributed by atoms with Crippen LogP contribution >= 0.6 is 0 Å². The predicted molar refractivity (Wildman–Crippen MR) is 73.0 cm³/mol. The van der Waals surface area contributed by atoms with E-state index in [0.717, 1.165) is 16.6 Å². The molecule has 0 spiro atoms. The van der Waals surface area contributed by atoms with E-state index in [9.17, 15) is 0 Å². The quantitative estimate of drug-likeness (QED) is 0.759. The van der Waals surface area contributed by atoms with Crippen molar-refractivity contribution in [3.63, 3.8) is 0 Å². The first-order valence-corrected chi connectivity index (χ1v) is 5.84. The van der Waals surface area contributed by atoms with Crippen LogP contribution in [0.25, 0.3) is 10.9 Å². The number of hydrogen-bond donors (Lipinski definition) is 1. The van der Waals surface area contributed by atoms with Gasteiger partial charge in [0.05, 0.1) is 5.52 Å². The molecule has 5 heteroatoms. The summed E-state index contributed by atoms with van der Waals surface area (Å²) in [5, 5.41) is 1.06. The largest absolute Gasteiger partial charge is 0.439 e. The Bertz CT molecular complexity index is 722. The van der Waals surface area contributed by atoms with Gasteiger partial charge in [0.2, 0.25) is 11.8 Å². The number of nitrogens with zero attached hydrogens (tertiary/aromatic N) is 3. The maximum Gasteiger partial charge on any atom is 0.224 e. The van der Waals surface area contributed by atoms with Crippen molar-refractivity contribution in [1.82, 2.24) is 15.0 Å². The van der Waals surface area contributed by atoms with Gasteiger partial charge in [0.1, 0.15) is 5.75 Å². The number of rotatable bonds is 2. The summed E-state index contributed by atoms with van der Waals surface area (Å²) in [5.41, 5.74) is 7.23. The highest BCUT2D eigenvalue weighted by Gasteiger charge is 2.03. The first-order valence-electron chi connectivity index (χ1n) is 5.84. The van der Waals surface area contributed by atoms with Crippen LogP contribution in [0.1, 0.15) is 5.69 Å². The van der Waals surface area contributed by atoms with Crippen LogP contribution in [-0.2, 0) is 0 Å². The first kappa shape index (κ1) is 11.4. The molecule has 1 aromatic carbocycles. The highest BCUT2D eigenvalue weighted by atomic mass is 16.5. The van der Waals surface area contributed by atoms with Crippen molar-refractivity contribution in [2.75, 3.05) is 5.73 Å². The Morgan fingerprint density at radius 2 is 2.00 bits per heavy atom. The van der Waals surface area contributed by atoms with E-state index in [4.69, 9.17) is 10.5 Å². The van der Waals surface area contributed by atoms with Gasteiger partial charge >= 0.3 is 0 Å². The van der Waals surface area contributed by atoms with E-state index in [1.807, 2.05) is 37.3 Å². The summed E-state index contributed by atoms with van der Waals surface area (Å²) in [7, 11) is 0. The standard InChI is InChI=1S/C14H12N4O/c1-9-7-13(18-14(15)17-9)19-11-5-4-10-3-2-6-16-12(10)8-11/h2-8H,1H3,(H2,15,17,18). The summed E-state index contributed by atoms with van der Waals surface area (Å²) in [4.78, 5) is 12.3. The van der Waals surface area contributed by atoms with E-state index in [1.165, 1.54) is 0 Å². The van der Waals surface area contributed by atoms with Gasteiger partial charge in [-0.3, -0.25) is 4.98 Å². The molecule has 2 aromatic heterocycles. The number of pyridine rings is 1. The number of benzene rings is 1. The molecule has 0 saturated heterocycles. The molecule has 2 N–H and O–H groups in total. The molecule has 0 unspecified atom stereocenters. The second-order valence-corrected chi connectivity index (χ2v) is 4.17. The topological polar surface area (TPSA) is 73.9 Å². The lowest BCUT2D eigenvalue weighted by atomic mass is 10.2. The van der Waals surface area contributed by atoms with Gasteiger partial charge in [-0.2, -0.15) is 4.98 Å². The summed E-state index contributed by atoms with van der Waals surface area (Å²) in [5.74, 6) is 1.30. The van der Waals surface area contributed by atoms with Gasteiger partial charge in [-0.1, -0.05) is 6.07 Å². The van der Waals surface area contributed by atoms with E-state index in [0.29, 0.717) is 11.6 Å². The number of nitrogen functional groups attached to an aromatic ring is 1. The SMILES string of the molecule is Cc1cc(Oc2ccc3cccnc3c2)nc(N)n1. The molecule has 0 bridgehead atoms. The van der Waals surface area contributed by atoms with Crippen LogP contribution in [0.2, 0.25) is 0 Å². The van der Waals surface area contributed by atoms with E-state index in [2.05, 4.69) is 15.0 Å². The molecule has 0 aliphatic heterocycles. The minimum absolute atomic E-state index is 0.203. The van der Waals surface area contributed by atoms with Crippen LogP contribution in [0, 0.1) is 6.92 Å². The van der Waals surface area contributed by atoms with Crippen molar-refractivity contribution in [3.8, 4) is 11.6 Å². The minimum atomic E-state index is 0.203. The fourth-order valence-electron chi connectivity index (χ4n) is 1.84. The third-order valence-electron chi connectivity index (χ3n) is 2.65. The van der Waals surface area contributed by atoms with E-state index >= 15 is 0 Å². The number of anilines is 1. The fraction of sp³-hybridized carbons (Fsp3) is 0.0714. The highest BCUT2D eigenvalue weighted by molar-refractivity contribution is 5.79. The van der Waals surface area contributed by atoms with E-state index < -0.39 is 0 Å². The molecule has 0 saturated carbocycles. The van der Waals surface area contributed by atoms with Gasteiger partial charge in [0.15, 0.2) is 0 Å². The molecule has 0 amide bonds. The number of hydrogen-bond acceptors (Lipinski definition) is 5. The van der Waals surface area contributed by atoms with Crippen LogP contribution in [-0.4, -0.2) is 15.0 Å². The molecule has 3 aromatic rings. The predicted octanol–water partition coefficient (Wildman–Crippen LogP) is 2.71. The maximum atomic E-state index is 5.68. The molecule has 5 nitrogen and oxygen atoms in total. The molecular formula is C14H12N4O. The Morgan fingerprint density at radius 3 is 2.84 bits per heavy atom. The van der Waals surface area contributed by atoms with Crippen molar-refractivity contribution in [1.29, 1.82) is 0 Å². The number of fused-ring (bicyclic) bond motifs is 1. The zero-order valence-corrected chi connectivity index (χ0v) is 10.4. The first-order chi connectivity index (χ1) is 9.20. The maximum absolute atomic E-state index is 5.68. The monoisotopic (exact) mass is 252 g/mol. The normalized spacial score (nSPS) is 10.6. The van der Waals surface area contributed by atoms with Gasteiger partial charge in [0, 0.05) is 29.4 Å². The lowest BCUT2D eigenvalue weighted by Crippen LogP contribution is -1.98. The van der Waals surface area contributed by atoms with Gasteiger partial charge in [-0.25, -0.2) is 4.98 Å². The third kappa shape index (κ3) is 2.44. The Hall–Kier alpha value is -2.69. The fourth-order valence-corrected chi connectivity index (χ4v) is 1.84. The van der Waals surface area contributed by atoms with Crippen LogP contribution in [0.4, 0.5) is 5.95 Å². The molecule has 0 fully saturated rings. The molecule has 0 atom stereocenters. The number of ether oxygens (including phenoxy) is 1. The summed E-state index contributed by atoms with van der Waals surface area (Å²) in [6.45, 7) is 1.84. The molecule has 94 valence electrons. The minimum Gasteiger partial charge on any atom is -0.439 e. The van der Waals surface area contributed by atoms with E-state index in [1.54, 1.807) is 12.3 Å². The zero-order valence-electron chi connectivity index (χ0n) is 10.4. The smallest absolute Gasteiger partial charge is 0.224 e. The van der Waals surface area contributed by atoms with Crippen LogP contribution < -0.4 is 10.5 Å². The number of aromatic nitrogens is 3. The summed E-state index contributed by atoms with van der Waals surface area (Å²) in [6.07, 6.45) is 1.75. The molecule has 0 aliphatic rings. The van der Waals surface area contributed by atoms with Crippen molar-refractivity contribution in [3.05, 3.63) is 48.3 Å². The lowest BCUT2D eigenvalue weighted by Gasteiger charge is -2.06. The average molecular weight is 252 g/mol. The Kier molecular flexibility index (Phi) is 2.72. The summed E-state index contributed by atoms with van der Waals surface area (Å²) < 4.78 is 5.68. The second-order valence-electron chi connectivity index (χ2n) is 4.17. The van der Waals surface area contributed by atoms with Gasteiger partial charge in [-0.15, -0.1) is 0 Å². The van der Waals surface area contributed by atoms with Crippen molar-refractivity contribution in [2.24, 2.45) is 0 Å². The molecule has 0 aliphatic carbocycles. The Morgan fingerprint density at radius 1 is 1.11 bits per heavy atom. The Balaban J connectivity index is 1.96. The summed E-state index contributed by atoms with van der Waals surface area (Å²) >= 11 is 0. The van der Waals surface area contributed by atoms with Crippen molar-refractivity contribution >= 4 is 16.9 Å². The number of nitrogens with two attached hydrogens (primary N) is 1.